The largest absolute Gasteiger partial charge is 0.257 e. The maximum absolute atomic E-state index is 11.2. The van der Waals surface area contributed by atoms with Crippen LogP contribution in [0, 0.1) is 0 Å². The molecule has 0 bridgehead atoms. The van der Waals surface area contributed by atoms with Crippen molar-refractivity contribution >= 4 is 37.6 Å². The second-order valence-electron chi connectivity index (χ2n) is 2.20. The lowest BCUT2D eigenvalue weighted by Gasteiger charge is -2.04. The Balaban J connectivity index is 3.38. The molecule has 0 heterocycles. The van der Waals surface area contributed by atoms with Gasteiger partial charge in [0, 0.05) is 9.50 Å². The maximum Gasteiger partial charge on any atom is 0.254 e. The van der Waals surface area contributed by atoms with Crippen LogP contribution in [0.3, 0.4) is 0 Å². The van der Waals surface area contributed by atoms with Crippen molar-refractivity contribution in [1.29, 1.82) is 0 Å². The van der Waals surface area contributed by atoms with Gasteiger partial charge in [0.2, 0.25) is 0 Å². The van der Waals surface area contributed by atoms with E-state index >= 15 is 0 Å². The molecule has 0 spiro atoms. The molecule has 3 N–H and O–H groups in total. The molecule has 7 heteroatoms. The maximum atomic E-state index is 11.2. The molecule has 0 aliphatic carbocycles. The van der Waals surface area contributed by atoms with E-state index in [1.165, 1.54) is 12.1 Å². The van der Waals surface area contributed by atoms with Gasteiger partial charge in [-0.3, -0.25) is 5.84 Å². The average molecular weight is 286 g/mol. The lowest BCUT2D eigenvalue weighted by atomic mass is 10.4. The van der Waals surface area contributed by atoms with Gasteiger partial charge in [-0.15, -0.1) is 0 Å². The van der Waals surface area contributed by atoms with Gasteiger partial charge in [0.05, 0.1) is 4.90 Å². The van der Waals surface area contributed by atoms with E-state index in [0.29, 0.717) is 9.50 Å². The highest BCUT2D eigenvalue weighted by Gasteiger charge is 2.15. The van der Waals surface area contributed by atoms with Crippen molar-refractivity contribution in [2.45, 2.75) is 4.90 Å². The Labute approximate surface area is 89.2 Å². The van der Waals surface area contributed by atoms with E-state index in [9.17, 15) is 8.42 Å². The van der Waals surface area contributed by atoms with Gasteiger partial charge in [0.15, 0.2) is 0 Å². The highest BCUT2D eigenvalue weighted by Crippen LogP contribution is 2.24. The second kappa shape index (κ2) is 3.93. The summed E-state index contributed by atoms with van der Waals surface area (Å²) in [6.07, 6.45) is 0. The average Bonchev–Trinajstić information content (AvgIpc) is 2.09. The van der Waals surface area contributed by atoms with Gasteiger partial charge in [-0.25, -0.2) is 8.42 Å². The van der Waals surface area contributed by atoms with Crippen molar-refractivity contribution in [2.75, 3.05) is 0 Å². The summed E-state index contributed by atoms with van der Waals surface area (Å²) in [5, 5.41) is 0.331. The molecule has 4 nitrogen and oxygen atoms in total. The number of nitrogens with one attached hydrogen (secondary N) is 1. The zero-order valence-corrected chi connectivity index (χ0v) is 9.45. The van der Waals surface area contributed by atoms with Crippen molar-refractivity contribution in [2.24, 2.45) is 5.84 Å². The molecule has 13 heavy (non-hydrogen) atoms. The zero-order chi connectivity index (χ0) is 10.1. The summed E-state index contributed by atoms with van der Waals surface area (Å²) in [6.45, 7) is 0. The van der Waals surface area contributed by atoms with Crippen molar-refractivity contribution in [3.63, 3.8) is 0 Å². The van der Waals surface area contributed by atoms with Crippen LogP contribution in [0.1, 0.15) is 0 Å². The Morgan fingerprint density at radius 2 is 2.08 bits per heavy atom. The monoisotopic (exact) mass is 284 g/mol. The van der Waals surface area contributed by atoms with Crippen molar-refractivity contribution in [3.8, 4) is 0 Å². The molecule has 1 rings (SSSR count). The SMILES string of the molecule is NNS(=O)(=O)c1cc(Cl)ccc1Br. The normalized spacial score (nSPS) is 11.6. The smallest absolute Gasteiger partial charge is 0.254 e. The van der Waals surface area contributed by atoms with E-state index in [4.69, 9.17) is 17.4 Å². The van der Waals surface area contributed by atoms with Gasteiger partial charge in [0.1, 0.15) is 0 Å². The van der Waals surface area contributed by atoms with Crippen LogP contribution in [0.15, 0.2) is 27.6 Å². The van der Waals surface area contributed by atoms with Crippen LogP contribution >= 0.6 is 27.5 Å². The van der Waals surface area contributed by atoms with Gasteiger partial charge in [-0.1, -0.05) is 11.6 Å². The molecule has 1 aromatic carbocycles. The fourth-order valence-electron chi connectivity index (χ4n) is 0.747. The quantitative estimate of drug-likeness (QED) is 0.634. The number of benzene rings is 1. The zero-order valence-electron chi connectivity index (χ0n) is 6.29. The lowest BCUT2D eigenvalue weighted by molar-refractivity contribution is 0.583. The first-order chi connectivity index (χ1) is 5.97. The summed E-state index contributed by atoms with van der Waals surface area (Å²) in [4.78, 5) is 1.73. The lowest BCUT2D eigenvalue weighted by Crippen LogP contribution is -2.30. The molecule has 0 aromatic heterocycles. The van der Waals surface area contributed by atoms with Crippen LogP contribution in [0.4, 0.5) is 0 Å². The van der Waals surface area contributed by atoms with E-state index in [1.54, 1.807) is 10.9 Å². The highest BCUT2D eigenvalue weighted by atomic mass is 79.9. The molecule has 0 atom stereocenters. The van der Waals surface area contributed by atoms with Gasteiger partial charge in [0.25, 0.3) is 10.0 Å². The minimum Gasteiger partial charge on any atom is -0.257 e. The molecule has 0 fully saturated rings. The predicted molar refractivity (Wildman–Crippen MR) is 53.7 cm³/mol. The number of hydrogen-bond acceptors (Lipinski definition) is 3. The van der Waals surface area contributed by atoms with Gasteiger partial charge >= 0.3 is 0 Å². The molecule has 0 aliphatic rings. The molecule has 0 saturated heterocycles. The van der Waals surface area contributed by atoms with E-state index in [-0.39, 0.29) is 4.90 Å². The standard InChI is InChI=1S/C6H6BrClN2O2S/c7-5-2-1-4(8)3-6(5)13(11,12)10-9/h1-3,10H,9H2. The summed E-state index contributed by atoms with van der Waals surface area (Å²) in [5.74, 6) is 4.86. The number of sulfonamides is 1. The number of rotatable bonds is 2. The topological polar surface area (TPSA) is 72.2 Å². The van der Waals surface area contributed by atoms with Gasteiger partial charge in [-0.2, -0.15) is 4.83 Å². The first-order valence-electron chi connectivity index (χ1n) is 3.15. The highest BCUT2D eigenvalue weighted by molar-refractivity contribution is 9.10. The van der Waals surface area contributed by atoms with Crippen LogP contribution < -0.4 is 10.7 Å². The second-order valence-corrected chi connectivity index (χ2v) is 5.17. The third kappa shape index (κ3) is 2.41. The summed E-state index contributed by atoms with van der Waals surface area (Å²) in [5.41, 5.74) is 0. The van der Waals surface area contributed by atoms with E-state index in [1.807, 2.05) is 0 Å². The molecular weight excluding hydrogens is 280 g/mol. The van der Waals surface area contributed by atoms with Gasteiger partial charge in [-0.05, 0) is 34.1 Å². The molecule has 0 aliphatic heterocycles. The van der Waals surface area contributed by atoms with E-state index < -0.39 is 10.0 Å². The van der Waals surface area contributed by atoms with Crippen molar-refractivity contribution < 1.29 is 8.42 Å². The first kappa shape index (κ1) is 10.9. The molecule has 0 saturated carbocycles. The number of halogens is 2. The Hall–Kier alpha value is -0.140. The van der Waals surface area contributed by atoms with Gasteiger partial charge < -0.3 is 0 Å². The Morgan fingerprint density at radius 1 is 1.46 bits per heavy atom. The number of hydrogen-bond donors (Lipinski definition) is 2. The van der Waals surface area contributed by atoms with Crippen LogP contribution in [-0.2, 0) is 10.0 Å². The molecule has 0 unspecified atom stereocenters. The third-order valence-electron chi connectivity index (χ3n) is 1.34. The fraction of sp³-hybridized carbons (Fsp3) is 0. The summed E-state index contributed by atoms with van der Waals surface area (Å²) in [7, 11) is -3.65. The number of hydrazine groups is 1. The first-order valence-corrected chi connectivity index (χ1v) is 5.80. The Morgan fingerprint density at radius 3 is 2.62 bits per heavy atom. The van der Waals surface area contributed by atoms with E-state index in [2.05, 4.69) is 15.9 Å². The minimum absolute atomic E-state index is 0.0162. The molecule has 0 amide bonds. The molecule has 72 valence electrons. The van der Waals surface area contributed by atoms with Crippen molar-refractivity contribution in [3.05, 3.63) is 27.7 Å². The summed E-state index contributed by atoms with van der Waals surface area (Å²) < 4.78 is 22.9. The summed E-state index contributed by atoms with van der Waals surface area (Å²) >= 11 is 8.70. The van der Waals surface area contributed by atoms with Crippen LogP contribution in [0.2, 0.25) is 5.02 Å². The minimum atomic E-state index is -3.65. The Bertz CT molecular complexity index is 421. The molecule has 1 aromatic rings. The van der Waals surface area contributed by atoms with Crippen LogP contribution in [-0.4, -0.2) is 8.42 Å². The van der Waals surface area contributed by atoms with Crippen molar-refractivity contribution in [1.82, 2.24) is 4.83 Å². The fourth-order valence-corrected chi connectivity index (χ4v) is 2.60. The third-order valence-corrected chi connectivity index (χ3v) is 3.75. The summed E-state index contributed by atoms with van der Waals surface area (Å²) in [6, 6.07) is 4.41. The predicted octanol–water partition coefficient (Wildman–Crippen LogP) is 1.25. The van der Waals surface area contributed by atoms with Crippen LogP contribution in [0.5, 0.6) is 0 Å². The van der Waals surface area contributed by atoms with Crippen LogP contribution in [0.25, 0.3) is 0 Å². The Kier molecular flexibility index (Phi) is 3.31. The molecular formula is C6H6BrClN2O2S. The van der Waals surface area contributed by atoms with E-state index in [0.717, 1.165) is 0 Å². The number of nitrogens with two attached hydrogens (primary N) is 1. The molecule has 0 radical (unpaired) electrons.